The van der Waals surface area contributed by atoms with Gasteiger partial charge < -0.3 is 0 Å². The van der Waals surface area contributed by atoms with E-state index < -0.39 is 0 Å². The maximum absolute atomic E-state index is 4.39. The summed E-state index contributed by atoms with van der Waals surface area (Å²) in [6, 6.07) is 14.8. The standard InChI is InChI=1S/C23H25BrN4/c24-22-6-4-20(5-7-22)23-8-10-26-16-21(23)18-28-12-2-11-27(13-14-28)17-19-3-1-9-25-15-19/h1,3-10,15-16H,2,11-14,17-18H2. The summed E-state index contributed by atoms with van der Waals surface area (Å²) in [4.78, 5) is 13.7. The van der Waals surface area contributed by atoms with E-state index in [0.717, 1.165) is 43.7 Å². The first kappa shape index (κ1) is 19.2. The zero-order valence-corrected chi connectivity index (χ0v) is 17.6. The van der Waals surface area contributed by atoms with Gasteiger partial charge in [-0.1, -0.05) is 34.1 Å². The second-order valence-corrected chi connectivity index (χ2v) is 8.22. The van der Waals surface area contributed by atoms with Crippen molar-refractivity contribution in [3.05, 3.63) is 82.9 Å². The minimum atomic E-state index is 0.944. The molecule has 0 aliphatic carbocycles. The van der Waals surface area contributed by atoms with E-state index in [-0.39, 0.29) is 0 Å². The molecular weight excluding hydrogens is 412 g/mol. The Labute approximate surface area is 175 Å². The molecule has 0 amide bonds. The van der Waals surface area contributed by atoms with Crippen LogP contribution in [0.4, 0.5) is 0 Å². The number of hydrogen-bond acceptors (Lipinski definition) is 4. The van der Waals surface area contributed by atoms with E-state index in [9.17, 15) is 0 Å². The lowest BCUT2D eigenvalue weighted by Crippen LogP contribution is -2.30. The molecule has 0 saturated carbocycles. The van der Waals surface area contributed by atoms with Gasteiger partial charge in [0.05, 0.1) is 0 Å². The molecule has 5 heteroatoms. The molecule has 3 aromatic rings. The number of hydrogen-bond donors (Lipinski definition) is 0. The van der Waals surface area contributed by atoms with Crippen molar-refractivity contribution in [3.63, 3.8) is 0 Å². The normalized spacial score (nSPS) is 16.0. The summed E-state index contributed by atoms with van der Waals surface area (Å²) in [7, 11) is 0. The Morgan fingerprint density at radius 2 is 1.54 bits per heavy atom. The first-order valence-corrected chi connectivity index (χ1v) is 10.6. The van der Waals surface area contributed by atoms with E-state index in [4.69, 9.17) is 0 Å². The Morgan fingerprint density at radius 3 is 2.29 bits per heavy atom. The van der Waals surface area contributed by atoms with Crippen LogP contribution in [0.15, 0.2) is 71.7 Å². The maximum Gasteiger partial charge on any atom is 0.0319 e. The van der Waals surface area contributed by atoms with E-state index >= 15 is 0 Å². The molecule has 0 radical (unpaired) electrons. The SMILES string of the molecule is Brc1ccc(-c2ccncc2CN2CCCN(Cc3cccnc3)CC2)cc1. The molecule has 1 aliphatic rings. The van der Waals surface area contributed by atoms with Gasteiger partial charge in [-0.05, 0) is 66.0 Å². The van der Waals surface area contributed by atoms with Crippen LogP contribution in [-0.2, 0) is 13.1 Å². The third kappa shape index (κ3) is 5.04. The molecule has 0 unspecified atom stereocenters. The molecule has 0 spiro atoms. The van der Waals surface area contributed by atoms with Gasteiger partial charge in [0.15, 0.2) is 0 Å². The highest BCUT2D eigenvalue weighted by Crippen LogP contribution is 2.26. The molecule has 144 valence electrons. The van der Waals surface area contributed by atoms with Crippen LogP contribution in [0.5, 0.6) is 0 Å². The van der Waals surface area contributed by atoms with Gasteiger partial charge in [0, 0.05) is 55.4 Å². The predicted molar refractivity (Wildman–Crippen MR) is 117 cm³/mol. The zero-order valence-electron chi connectivity index (χ0n) is 16.0. The van der Waals surface area contributed by atoms with Crippen LogP contribution < -0.4 is 0 Å². The van der Waals surface area contributed by atoms with E-state index in [1.54, 1.807) is 0 Å². The molecule has 28 heavy (non-hydrogen) atoms. The van der Waals surface area contributed by atoms with Crippen LogP contribution in [0.1, 0.15) is 17.5 Å². The Bertz CT molecular complexity index is 883. The fourth-order valence-electron chi connectivity index (χ4n) is 3.80. The van der Waals surface area contributed by atoms with Crippen molar-refractivity contribution in [1.82, 2.24) is 19.8 Å². The van der Waals surface area contributed by atoms with Crippen molar-refractivity contribution >= 4 is 15.9 Å². The van der Waals surface area contributed by atoms with E-state index in [1.165, 1.54) is 28.7 Å². The zero-order chi connectivity index (χ0) is 19.2. The molecule has 4 rings (SSSR count). The Kier molecular flexibility index (Phi) is 6.47. The summed E-state index contributed by atoms with van der Waals surface area (Å²) < 4.78 is 1.10. The summed E-state index contributed by atoms with van der Waals surface area (Å²) in [5, 5.41) is 0. The van der Waals surface area contributed by atoms with Gasteiger partial charge in [0.2, 0.25) is 0 Å². The number of nitrogens with zero attached hydrogens (tertiary/aromatic N) is 4. The number of pyridine rings is 2. The Morgan fingerprint density at radius 1 is 0.786 bits per heavy atom. The predicted octanol–water partition coefficient (Wildman–Crippen LogP) is 4.61. The minimum Gasteiger partial charge on any atom is -0.298 e. The summed E-state index contributed by atoms with van der Waals surface area (Å²) in [6.07, 6.45) is 8.91. The molecule has 1 aromatic carbocycles. The first-order valence-electron chi connectivity index (χ1n) is 9.80. The lowest BCUT2D eigenvalue weighted by Gasteiger charge is -2.22. The number of halogens is 1. The van der Waals surface area contributed by atoms with Gasteiger partial charge in [-0.15, -0.1) is 0 Å². The van der Waals surface area contributed by atoms with Crippen molar-refractivity contribution in [3.8, 4) is 11.1 Å². The number of benzene rings is 1. The highest BCUT2D eigenvalue weighted by molar-refractivity contribution is 9.10. The number of rotatable bonds is 5. The van der Waals surface area contributed by atoms with Gasteiger partial charge in [-0.25, -0.2) is 0 Å². The van der Waals surface area contributed by atoms with E-state index in [1.807, 2.05) is 30.9 Å². The van der Waals surface area contributed by atoms with Gasteiger partial charge in [-0.3, -0.25) is 19.8 Å². The van der Waals surface area contributed by atoms with Crippen molar-refractivity contribution < 1.29 is 0 Å². The summed E-state index contributed by atoms with van der Waals surface area (Å²) in [6.45, 7) is 6.35. The second-order valence-electron chi connectivity index (χ2n) is 7.31. The lowest BCUT2D eigenvalue weighted by molar-refractivity contribution is 0.247. The van der Waals surface area contributed by atoms with Gasteiger partial charge in [0.25, 0.3) is 0 Å². The lowest BCUT2D eigenvalue weighted by atomic mass is 10.0. The highest BCUT2D eigenvalue weighted by Gasteiger charge is 2.17. The van der Waals surface area contributed by atoms with Crippen LogP contribution in [0, 0.1) is 0 Å². The fraction of sp³-hybridized carbons (Fsp3) is 0.304. The smallest absolute Gasteiger partial charge is 0.0319 e. The molecule has 4 nitrogen and oxygen atoms in total. The van der Waals surface area contributed by atoms with Crippen LogP contribution >= 0.6 is 15.9 Å². The molecule has 1 aliphatic heterocycles. The summed E-state index contributed by atoms with van der Waals surface area (Å²) >= 11 is 3.52. The van der Waals surface area contributed by atoms with Crippen LogP contribution in [0.25, 0.3) is 11.1 Å². The monoisotopic (exact) mass is 436 g/mol. The van der Waals surface area contributed by atoms with Gasteiger partial charge >= 0.3 is 0 Å². The Balaban J connectivity index is 1.42. The third-order valence-electron chi connectivity index (χ3n) is 5.26. The average molecular weight is 437 g/mol. The van der Waals surface area contributed by atoms with E-state index in [0.29, 0.717) is 0 Å². The Hall–Kier alpha value is -2.08. The summed E-state index contributed by atoms with van der Waals surface area (Å²) in [5.41, 5.74) is 5.11. The highest BCUT2D eigenvalue weighted by atomic mass is 79.9. The van der Waals surface area contributed by atoms with Gasteiger partial charge in [0.1, 0.15) is 0 Å². The van der Waals surface area contributed by atoms with Crippen molar-refractivity contribution in [2.24, 2.45) is 0 Å². The van der Waals surface area contributed by atoms with Gasteiger partial charge in [-0.2, -0.15) is 0 Å². The quantitative estimate of drug-likeness (QED) is 0.584. The maximum atomic E-state index is 4.39. The van der Waals surface area contributed by atoms with Crippen molar-refractivity contribution in [1.29, 1.82) is 0 Å². The molecule has 0 N–H and O–H groups in total. The van der Waals surface area contributed by atoms with Crippen molar-refractivity contribution in [2.45, 2.75) is 19.5 Å². The molecule has 0 atom stereocenters. The van der Waals surface area contributed by atoms with Crippen LogP contribution in [0.2, 0.25) is 0 Å². The van der Waals surface area contributed by atoms with Crippen LogP contribution in [0.3, 0.4) is 0 Å². The van der Waals surface area contributed by atoms with E-state index in [2.05, 4.69) is 72.1 Å². The van der Waals surface area contributed by atoms with Crippen molar-refractivity contribution in [2.75, 3.05) is 26.2 Å². The topological polar surface area (TPSA) is 32.3 Å². The molecule has 1 saturated heterocycles. The minimum absolute atomic E-state index is 0.944. The molecular formula is C23H25BrN4. The molecule has 2 aromatic heterocycles. The molecule has 0 bridgehead atoms. The number of aromatic nitrogens is 2. The average Bonchev–Trinajstić information content (AvgIpc) is 2.95. The fourth-order valence-corrected chi connectivity index (χ4v) is 4.06. The molecule has 3 heterocycles. The largest absolute Gasteiger partial charge is 0.298 e. The second kappa shape index (κ2) is 9.41. The van der Waals surface area contributed by atoms with Crippen LogP contribution in [-0.4, -0.2) is 45.9 Å². The molecule has 1 fully saturated rings. The first-order chi connectivity index (χ1) is 13.8. The third-order valence-corrected chi connectivity index (χ3v) is 5.79. The summed E-state index contributed by atoms with van der Waals surface area (Å²) in [5.74, 6) is 0.